The maximum atomic E-state index is 13.2. The van der Waals surface area contributed by atoms with Crippen molar-refractivity contribution >= 4 is 23.2 Å². The number of carbonyl (C=O) groups is 2. The van der Waals surface area contributed by atoms with Gasteiger partial charge in [0.25, 0.3) is 5.91 Å². The summed E-state index contributed by atoms with van der Waals surface area (Å²) in [6.07, 6.45) is 8.76. The molecule has 3 N–H and O–H groups in total. The number of ketones is 1. The van der Waals surface area contributed by atoms with Gasteiger partial charge in [-0.05, 0) is 57.9 Å². The zero-order valence-corrected chi connectivity index (χ0v) is 22.5. The Morgan fingerprint density at radius 2 is 1.73 bits per heavy atom. The normalized spacial score (nSPS) is 23.2. The van der Waals surface area contributed by atoms with Crippen molar-refractivity contribution in [2.75, 3.05) is 5.73 Å². The third-order valence-electron chi connectivity index (χ3n) is 8.97. The lowest BCUT2D eigenvalue weighted by atomic mass is 9.86. The number of nitrogens with two attached hydrogens (primary N) is 1. The van der Waals surface area contributed by atoms with Gasteiger partial charge in [0.05, 0.1) is 23.1 Å². The van der Waals surface area contributed by atoms with Gasteiger partial charge in [0.15, 0.2) is 11.4 Å². The van der Waals surface area contributed by atoms with Crippen LogP contribution < -0.4 is 5.73 Å². The maximum Gasteiger partial charge on any atom is 0.255 e. The summed E-state index contributed by atoms with van der Waals surface area (Å²) in [4.78, 5) is 37.8. The molecule has 9 heteroatoms. The molecule has 5 heterocycles. The van der Waals surface area contributed by atoms with E-state index in [1.807, 2.05) is 53.6 Å². The number of aliphatic hydroxyl groups is 1. The van der Waals surface area contributed by atoms with Crippen molar-refractivity contribution in [3.05, 3.63) is 66.1 Å². The van der Waals surface area contributed by atoms with Crippen molar-refractivity contribution in [1.82, 2.24) is 24.5 Å². The monoisotopic (exact) mass is 536 g/mol. The van der Waals surface area contributed by atoms with Gasteiger partial charge in [0.2, 0.25) is 0 Å². The smallest absolute Gasteiger partial charge is 0.255 e. The first-order valence-corrected chi connectivity index (χ1v) is 14.1. The van der Waals surface area contributed by atoms with Gasteiger partial charge in [-0.25, -0.2) is 4.98 Å². The number of benzene rings is 1. The van der Waals surface area contributed by atoms with Crippen LogP contribution in [0, 0.1) is 0 Å². The molecule has 3 aliphatic rings. The molecule has 204 valence electrons. The lowest BCUT2D eigenvalue weighted by Crippen LogP contribution is -2.46. The predicted octanol–water partition coefficient (Wildman–Crippen LogP) is 4.40. The highest BCUT2D eigenvalue weighted by Gasteiger charge is 2.54. The van der Waals surface area contributed by atoms with Gasteiger partial charge in [0.1, 0.15) is 11.4 Å². The van der Waals surface area contributed by atoms with Crippen LogP contribution in [0.25, 0.3) is 28.0 Å². The van der Waals surface area contributed by atoms with E-state index in [0.717, 1.165) is 48.1 Å². The quantitative estimate of drug-likeness (QED) is 0.362. The Hall–Kier alpha value is -4.11. The van der Waals surface area contributed by atoms with E-state index in [0.29, 0.717) is 36.2 Å². The first-order chi connectivity index (χ1) is 19.3. The third-order valence-corrected chi connectivity index (χ3v) is 8.97. The molecule has 1 aromatic carbocycles. The minimum Gasteiger partial charge on any atom is -0.383 e. The summed E-state index contributed by atoms with van der Waals surface area (Å²) in [5.74, 6) is -0.0309. The van der Waals surface area contributed by atoms with Crippen LogP contribution in [-0.4, -0.2) is 59.0 Å². The lowest BCUT2D eigenvalue weighted by Gasteiger charge is -2.30. The second kappa shape index (κ2) is 9.23. The van der Waals surface area contributed by atoms with Crippen LogP contribution >= 0.6 is 0 Å². The minimum absolute atomic E-state index is 0.0211. The Morgan fingerprint density at radius 3 is 2.42 bits per heavy atom. The van der Waals surface area contributed by atoms with Gasteiger partial charge in [0, 0.05) is 40.9 Å². The summed E-state index contributed by atoms with van der Waals surface area (Å²) in [6.45, 7) is 1.51. The van der Waals surface area contributed by atoms with E-state index in [9.17, 15) is 14.7 Å². The molecule has 40 heavy (non-hydrogen) atoms. The SMILES string of the molecule is CC(=O)c1c([C@H]2CCC3CCC(C2)N3C(=O)C2(O)CC2)nc2c(-c3ccc(-c4ccccc4)nc3)cnn2c1N. The Morgan fingerprint density at radius 1 is 0.975 bits per heavy atom. The number of aromatic nitrogens is 4. The molecule has 2 aliphatic heterocycles. The molecule has 2 saturated heterocycles. The van der Waals surface area contributed by atoms with Crippen LogP contribution in [0.15, 0.2) is 54.9 Å². The van der Waals surface area contributed by atoms with Gasteiger partial charge in [-0.15, -0.1) is 0 Å². The van der Waals surface area contributed by atoms with Crippen molar-refractivity contribution in [2.24, 2.45) is 0 Å². The van der Waals surface area contributed by atoms with Crippen LogP contribution in [0.2, 0.25) is 0 Å². The summed E-state index contributed by atoms with van der Waals surface area (Å²) in [5.41, 5.74) is 10.6. The van der Waals surface area contributed by atoms with E-state index < -0.39 is 5.60 Å². The van der Waals surface area contributed by atoms with Crippen molar-refractivity contribution in [3.63, 3.8) is 0 Å². The topological polar surface area (TPSA) is 127 Å². The molecular weight excluding hydrogens is 504 g/mol. The molecule has 4 aromatic rings. The summed E-state index contributed by atoms with van der Waals surface area (Å²) in [7, 11) is 0. The average Bonchev–Trinajstić information content (AvgIpc) is 3.43. The average molecular weight is 537 g/mol. The summed E-state index contributed by atoms with van der Waals surface area (Å²) >= 11 is 0. The molecule has 3 aromatic heterocycles. The number of anilines is 1. The number of carbonyl (C=O) groups excluding carboxylic acids is 2. The number of fused-ring (bicyclic) bond motifs is 3. The summed E-state index contributed by atoms with van der Waals surface area (Å²) in [5, 5.41) is 15.1. The fourth-order valence-electron chi connectivity index (χ4n) is 6.69. The Bertz CT molecular complexity index is 1630. The highest BCUT2D eigenvalue weighted by atomic mass is 16.3. The second-order valence-corrected chi connectivity index (χ2v) is 11.5. The molecule has 2 bridgehead atoms. The largest absolute Gasteiger partial charge is 0.383 e. The molecule has 3 atom stereocenters. The van der Waals surface area contributed by atoms with Crippen molar-refractivity contribution in [3.8, 4) is 22.4 Å². The van der Waals surface area contributed by atoms with Crippen LogP contribution in [0.5, 0.6) is 0 Å². The fourth-order valence-corrected chi connectivity index (χ4v) is 6.69. The first kappa shape index (κ1) is 24.9. The summed E-state index contributed by atoms with van der Waals surface area (Å²) < 4.78 is 1.54. The van der Waals surface area contributed by atoms with Crippen molar-refractivity contribution in [2.45, 2.75) is 75.5 Å². The highest BCUT2D eigenvalue weighted by Crippen LogP contribution is 2.46. The number of nitrogen functional groups attached to an aromatic ring is 1. The molecule has 1 saturated carbocycles. The molecule has 1 aliphatic carbocycles. The number of nitrogens with zero attached hydrogens (tertiary/aromatic N) is 5. The van der Waals surface area contributed by atoms with E-state index >= 15 is 0 Å². The van der Waals surface area contributed by atoms with Gasteiger partial charge >= 0.3 is 0 Å². The van der Waals surface area contributed by atoms with E-state index in [4.69, 9.17) is 10.7 Å². The second-order valence-electron chi connectivity index (χ2n) is 11.5. The van der Waals surface area contributed by atoms with Gasteiger partial charge in [-0.1, -0.05) is 36.4 Å². The molecular formula is C31H32N6O3. The zero-order valence-electron chi connectivity index (χ0n) is 22.5. The number of pyridine rings is 1. The van der Waals surface area contributed by atoms with E-state index in [2.05, 4.69) is 10.1 Å². The highest BCUT2D eigenvalue weighted by molar-refractivity contribution is 6.00. The van der Waals surface area contributed by atoms with Crippen LogP contribution in [0.1, 0.15) is 73.8 Å². The van der Waals surface area contributed by atoms with Crippen LogP contribution in [-0.2, 0) is 4.79 Å². The molecule has 2 unspecified atom stereocenters. The van der Waals surface area contributed by atoms with Gasteiger partial charge in [-0.3, -0.25) is 14.6 Å². The van der Waals surface area contributed by atoms with E-state index in [-0.39, 0.29) is 35.5 Å². The molecule has 1 amide bonds. The first-order valence-electron chi connectivity index (χ1n) is 14.1. The number of amides is 1. The predicted molar refractivity (Wildman–Crippen MR) is 151 cm³/mol. The summed E-state index contributed by atoms with van der Waals surface area (Å²) in [6, 6.07) is 14.1. The van der Waals surface area contributed by atoms with Crippen LogP contribution in [0.3, 0.4) is 0 Å². The molecule has 3 fully saturated rings. The Kier molecular flexibility index (Phi) is 5.75. The van der Waals surface area contributed by atoms with Gasteiger partial charge in [-0.2, -0.15) is 9.61 Å². The van der Waals surface area contributed by atoms with Crippen molar-refractivity contribution in [1.29, 1.82) is 0 Å². The molecule has 9 nitrogen and oxygen atoms in total. The number of hydrogen-bond donors (Lipinski definition) is 2. The van der Waals surface area contributed by atoms with Gasteiger partial charge < -0.3 is 15.7 Å². The van der Waals surface area contributed by atoms with E-state index in [1.165, 1.54) is 6.92 Å². The fraction of sp³-hybridized carbons (Fsp3) is 0.387. The Labute approximate surface area is 232 Å². The third kappa shape index (κ3) is 3.99. The molecule has 7 rings (SSSR count). The molecule has 0 spiro atoms. The zero-order chi connectivity index (χ0) is 27.6. The maximum absolute atomic E-state index is 13.2. The van der Waals surface area contributed by atoms with Crippen LogP contribution in [0.4, 0.5) is 5.82 Å². The lowest BCUT2D eigenvalue weighted by molar-refractivity contribution is -0.145. The number of hydrogen-bond acceptors (Lipinski definition) is 7. The minimum atomic E-state index is -1.18. The number of Topliss-reactive ketones (excluding diaryl/α,β-unsaturated/α-hetero) is 1. The standard InChI is InChI=1S/C31H32N6O3/c1-18(38)26-27(20-7-9-22-10-11-23(15-20)36(22)30(39)31(40)13-14-31)35-29-24(17-34-37(29)28(26)32)21-8-12-25(33-16-21)19-5-3-2-4-6-19/h2-6,8,12,16-17,20,22-23,40H,7,9-11,13-15,32H2,1H3/t20-,22?,23?/m0/s1. The van der Waals surface area contributed by atoms with E-state index in [1.54, 1.807) is 10.7 Å². The van der Waals surface area contributed by atoms with Crippen molar-refractivity contribution < 1.29 is 14.7 Å². The molecule has 0 radical (unpaired) electrons. The number of rotatable bonds is 5. The Balaban J connectivity index is 1.27.